The van der Waals surface area contributed by atoms with Crippen LogP contribution in [0, 0.1) is 5.41 Å². The molecular formula is C11H22N2O2. The van der Waals surface area contributed by atoms with Gasteiger partial charge in [0.2, 0.25) is 0 Å². The molecule has 88 valence electrons. The SMILES string of the molecule is CC1=NOC(C(O)CNCC(C)(C)C)C1. The molecule has 0 aromatic carbocycles. The Morgan fingerprint density at radius 2 is 2.27 bits per heavy atom. The predicted octanol–water partition coefficient (Wildman–Crippen LogP) is 1.15. The van der Waals surface area contributed by atoms with Crippen LogP contribution in [0.1, 0.15) is 34.1 Å². The molecule has 4 nitrogen and oxygen atoms in total. The maximum absolute atomic E-state index is 9.80. The van der Waals surface area contributed by atoms with E-state index in [1.807, 2.05) is 6.92 Å². The molecule has 0 aromatic heterocycles. The minimum atomic E-state index is -0.478. The fraction of sp³-hybridized carbons (Fsp3) is 0.909. The summed E-state index contributed by atoms with van der Waals surface area (Å²) >= 11 is 0. The largest absolute Gasteiger partial charge is 0.389 e. The molecule has 2 unspecified atom stereocenters. The number of aliphatic hydroxyl groups excluding tert-OH is 1. The number of hydrogen-bond donors (Lipinski definition) is 2. The van der Waals surface area contributed by atoms with Gasteiger partial charge >= 0.3 is 0 Å². The molecule has 0 aliphatic carbocycles. The number of nitrogens with one attached hydrogen (secondary N) is 1. The zero-order valence-electron chi connectivity index (χ0n) is 10.1. The van der Waals surface area contributed by atoms with Crippen LogP contribution < -0.4 is 5.32 Å². The summed E-state index contributed by atoms with van der Waals surface area (Å²) in [6.45, 7) is 9.83. The van der Waals surface area contributed by atoms with Crippen LogP contribution in [0.25, 0.3) is 0 Å². The summed E-state index contributed by atoms with van der Waals surface area (Å²) in [6, 6.07) is 0. The molecule has 15 heavy (non-hydrogen) atoms. The highest BCUT2D eigenvalue weighted by Gasteiger charge is 2.26. The van der Waals surface area contributed by atoms with Gasteiger partial charge in [-0.05, 0) is 12.3 Å². The highest BCUT2D eigenvalue weighted by molar-refractivity contribution is 5.82. The van der Waals surface area contributed by atoms with E-state index in [4.69, 9.17) is 4.84 Å². The van der Waals surface area contributed by atoms with E-state index in [1.54, 1.807) is 0 Å². The second kappa shape index (κ2) is 4.94. The van der Waals surface area contributed by atoms with E-state index in [2.05, 4.69) is 31.2 Å². The molecule has 2 N–H and O–H groups in total. The van der Waals surface area contributed by atoms with Crippen molar-refractivity contribution >= 4 is 5.71 Å². The van der Waals surface area contributed by atoms with Gasteiger partial charge in [0.1, 0.15) is 6.10 Å². The Bertz CT molecular complexity index is 233. The van der Waals surface area contributed by atoms with Gasteiger partial charge in [0.15, 0.2) is 6.10 Å². The molecule has 1 rings (SSSR count). The lowest BCUT2D eigenvalue weighted by atomic mass is 9.97. The summed E-state index contributed by atoms with van der Waals surface area (Å²) in [7, 11) is 0. The van der Waals surface area contributed by atoms with Crippen LogP contribution in [0.4, 0.5) is 0 Å². The minimum absolute atomic E-state index is 0.169. The third-order valence-electron chi connectivity index (χ3n) is 2.28. The average Bonchev–Trinajstić information content (AvgIpc) is 2.49. The number of hydrogen-bond acceptors (Lipinski definition) is 4. The Hall–Kier alpha value is -0.610. The second-order valence-electron chi connectivity index (χ2n) is 5.43. The third-order valence-corrected chi connectivity index (χ3v) is 2.28. The third kappa shape index (κ3) is 4.62. The van der Waals surface area contributed by atoms with E-state index in [0.29, 0.717) is 6.54 Å². The quantitative estimate of drug-likeness (QED) is 0.738. The van der Waals surface area contributed by atoms with Crippen LogP contribution >= 0.6 is 0 Å². The van der Waals surface area contributed by atoms with Gasteiger partial charge in [0.25, 0.3) is 0 Å². The number of rotatable bonds is 4. The summed E-state index contributed by atoms with van der Waals surface area (Å²) in [5.74, 6) is 0. The highest BCUT2D eigenvalue weighted by atomic mass is 16.6. The smallest absolute Gasteiger partial charge is 0.159 e. The number of oxime groups is 1. The van der Waals surface area contributed by atoms with Crippen molar-refractivity contribution in [1.29, 1.82) is 0 Å². The van der Waals surface area contributed by atoms with Crippen LogP contribution in [0.15, 0.2) is 5.16 Å². The molecule has 0 spiro atoms. The van der Waals surface area contributed by atoms with Gasteiger partial charge in [-0.1, -0.05) is 25.9 Å². The maximum atomic E-state index is 9.80. The summed E-state index contributed by atoms with van der Waals surface area (Å²) < 4.78 is 0. The van der Waals surface area contributed by atoms with Crippen LogP contribution in [0.2, 0.25) is 0 Å². The molecule has 0 saturated heterocycles. The molecule has 0 radical (unpaired) electrons. The molecule has 2 atom stereocenters. The molecule has 0 amide bonds. The molecule has 4 heteroatoms. The van der Waals surface area contributed by atoms with Gasteiger partial charge in [0.05, 0.1) is 5.71 Å². The van der Waals surface area contributed by atoms with Crippen molar-refractivity contribution in [3.8, 4) is 0 Å². The molecule has 1 aliphatic heterocycles. The van der Waals surface area contributed by atoms with E-state index >= 15 is 0 Å². The number of nitrogens with zero attached hydrogens (tertiary/aromatic N) is 1. The van der Waals surface area contributed by atoms with Gasteiger partial charge in [-0.3, -0.25) is 0 Å². The first-order valence-electron chi connectivity index (χ1n) is 5.46. The Labute approximate surface area is 91.7 Å². The predicted molar refractivity (Wildman–Crippen MR) is 60.9 cm³/mol. The summed E-state index contributed by atoms with van der Waals surface area (Å²) in [4.78, 5) is 5.11. The van der Waals surface area contributed by atoms with Crippen LogP contribution in [-0.2, 0) is 4.84 Å². The van der Waals surface area contributed by atoms with Gasteiger partial charge in [0, 0.05) is 19.5 Å². The fourth-order valence-corrected chi connectivity index (χ4v) is 1.46. The Kier molecular flexibility index (Phi) is 4.11. The Morgan fingerprint density at radius 1 is 1.60 bits per heavy atom. The normalized spacial score (nSPS) is 23.5. The number of aliphatic hydroxyl groups is 1. The molecular weight excluding hydrogens is 192 g/mol. The second-order valence-corrected chi connectivity index (χ2v) is 5.43. The Balaban J connectivity index is 2.17. The topological polar surface area (TPSA) is 53.9 Å². The lowest BCUT2D eigenvalue weighted by Crippen LogP contribution is -2.39. The van der Waals surface area contributed by atoms with E-state index in [0.717, 1.165) is 18.7 Å². The lowest BCUT2D eigenvalue weighted by Gasteiger charge is -2.22. The maximum Gasteiger partial charge on any atom is 0.159 e. The first kappa shape index (κ1) is 12.5. The molecule has 0 saturated carbocycles. The molecule has 0 aromatic rings. The molecule has 0 fully saturated rings. The molecule has 1 heterocycles. The lowest BCUT2D eigenvalue weighted by molar-refractivity contribution is -0.0165. The van der Waals surface area contributed by atoms with Gasteiger partial charge < -0.3 is 15.3 Å². The minimum Gasteiger partial charge on any atom is -0.389 e. The van der Waals surface area contributed by atoms with E-state index in [9.17, 15) is 5.11 Å². The monoisotopic (exact) mass is 214 g/mol. The molecule has 1 aliphatic rings. The van der Waals surface area contributed by atoms with Crippen LogP contribution in [-0.4, -0.2) is 36.1 Å². The fourth-order valence-electron chi connectivity index (χ4n) is 1.46. The van der Waals surface area contributed by atoms with Crippen LogP contribution in [0.3, 0.4) is 0 Å². The van der Waals surface area contributed by atoms with Gasteiger partial charge in [-0.25, -0.2) is 0 Å². The standard InChI is InChI=1S/C11H22N2O2/c1-8-5-10(15-13-8)9(14)6-12-7-11(2,3)4/h9-10,12,14H,5-7H2,1-4H3. The molecule has 0 bridgehead atoms. The van der Waals surface area contributed by atoms with Crippen molar-refractivity contribution in [2.45, 2.75) is 46.3 Å². The van der Waals surface area contributed by atoms with E-state index in [-0.39, 0.29) is 11.5 Å². The van der Waals surface area contributed by atoms with E-state index < -0.39 is 6.10 Å². The Morgan fingerprint density at radius 3 is 2.73 bits per heavy atom. The van der Waals surface area contributed by atoms with E-state index in [1.165, 1.54) is 0 Å². The summed E-state index contributed by atoms with van der Waals surface area (Å²) in [5, 5.41) is 16.9. The van der Waals surface area contributed by atoms with Gasteiger partial charge in [-0.15, -0.1) is 0 Å². The zero-order valence-corrected chi connectivity index (χ0v) is 10.1. The van der Waals surface area contributed by atoms with Crippen LogP contribution in [0.5, 0.6) is 0 Å². The van der Waals surface area contributed by atoms with Crippen molar-refractivity contribution in [3.63, 3.8) is 0 Å². The van der Waals surface area contributed by atoms with Crippen molar-refractivity contribution in [3.05, 3.63) is 0 Å². The summed E-state index contributed by atoms with van der Waals surface area (Å²) in [5.41, 5.74) is 1.19. The van der Waals surface area contributed by atoms with Gasteiger partial charge in [-0.2, -0.15) is 0 Å². The first-order valence-corrected chi connectivity index (χ1v) is 5.46. The first-order chi connectivity index (χ1) is 6.88. The van der Waals surface area contributed by atoms with Crippen molar-refractivity contribution in [2.75, 3.05) is 13.1 Å². The van der Waals surface area contributed by atoms with Crippen molar-refractivity contribution in [1.82, 2.24) is 5.32 Å². The van der Waals surface area contributed by atoms with Crippen molar-refractivity contribution < 1.29 is 9.94 Å². The summed E-state index contributed by atoms with van der Waals surface area (Å²) in [6.07, 6.45) is 0.0873. The average molecular weight is 214 g/mol. The zero-order chi connectivity index (χ0) is 11.5. The van der Waals surface area contributed by atoms with Crippen molar-refractivity contribution in [2.24, 2.45) is 10.6 Å². The highest BCUT2D eigenvalue weighted by Crippen LogP contribution is 2.14.